The van der Waals surface area contributed by atoms with Crippen molar-refractivity contribution in [3.8, 4) is 0 Å². The second-order valence-corrected chi connectivity index (χ2v) is 3.66. The van der Waals surface area contributed by atoms with E-state index in [9.17, 15) is 9.50 Å². The maximum Gasteiger partial charge on any atom is 0.141 e. The van der Waals surface area contributed by atoms with Gasteiger partial charge < -0.3 is 5.11 Å². The average molecular weight is 183 g/mol. The van der Waals surface area contributed by atoms with E-state index in [2.05, 4.69) is 4.98 Å². The van der Waals surface area contributed by atoms with E-state index in [-0.39, 0.29) is 11.7 Å². The van der Waals surface area contributed by atoms with Gasteiger partial charge in [-0.05, 0) is 25.0 Å². The van der Waals surface area contributed by atoms with Crippen LogP contribution in [0.3, 0.4) is 0 Å². The largest absolute Gasteiger partial charge is 0.384 e. The van der Waals surface area contributed by atoms with Crippen molar-refractivity contribution in [2.75, 3.05) is 0 Å². The quantitative estimate of drug-likeness (QED) is 0.761. The monoisotopic (exact) mass is 183 g/mol. The molecule has 0 bridgehead atoms. The molecule has 72 valence electrons. The van der Waals surface area contributed by atoms with Gasteiger partial charge in [0.05, 0.1) is 11.9 Å². The molecule has 0 saturated carbocycles. The zero-order valence-electron chi connectivity index (χ0n) is 8.08. The van der Waals surface area contributed by atoms with Crippen LogP contribution in [0.1, 0.15) is 26.5 Å². The third-order valence-electron chi connectivity index (χ3n) is 2.37. The summed E-state index contributed by atoms with van der Waals surface area (Å²) in [6.45, 7) is 5.47. The second kappa shape index (κ2) is 3.42. The van der Waals surface area contributed by atoms with Crippen molar-refractivity contribution in [2.45, 2.75) is 26.4 Å². The van der Waals surface area contributed by atoms with Gasteiger partial charge in [-0.15, -0.1) is 0 Å². The molecule has 13 heavy (non-hydrogen) atoms. The van der Waals surface area contributed by atoms with E-state index in [0.29, 0.717) is 5.69 Å². The summed E-state index contributed by atoms with van der Waals surface area (Å²) in [5.74, 6) is -0.339. The molecule has 1 atom stereocenters. The number of hydrogen-bond donors (Lipinski definition) is 1. The summed E-state index contributed by atoms with van der Waals surface area (Å²) in [5.41, 5.74) is -0.489. The van der Waals surface area contributed by atoms with Crippen molar-refractivity contribution in [1.82, 2.24) is 4.98 Å². The lowest BCUT2D eigenvalue weighted by atomic mass is 9.89. The molecule has 2 nitrogen and oxygen atoms in total. The molecular weight excluding hydrogens is 169 g/mol. The predicted octanol–water partition coefficient (Wildman–Crippen LogP) is 2.08. The van der Waals surface area contributed by atoms with E-state index < -0.39 is 5.60 Å². The van der Waals surface area contributed by atoms with Crippen LogP contribution in [-0.4, -0.2) is 10.1 Å². The summed E-state index contributed by atoms with van der Waals surface area (Å²) < 4.78 is 12.5. The minimum atomic E-state index is -0.992. The Bertz CT molecular complexity index is 279. The highest BCUT2D eigenvalue weighted by molar-refractivity contribution is 5.13. The maximum absolute atomic E-state index is 12.5. The zero-order valence-corrected chi connectivity index (χ0v) is 8.08. The zero-order chi connectivity index (χ0) is 10.1. The first-order valence-electron chi connectivity index (χ1n) is 4.29. The van der Waals surface area contributed by atoms with Gasteiger partial charge in [-0.2, -0.15) is 0 Å². The Hall–Kier alpha value is -0.960. The molecular formula is C10H14FNO. The second-order valence-electron chi connectivity index (χ2n) is 3.66. The minimum absolute atomic E-state index is 0.0467. The van der Waals surface area contributed by atoms with Gasteiger partial charge in [0.2, 0.25) is 0 Å². The minimum Gasteiger partial charge on any atom is -0.384 e. The van der Waals surface area contributed by atoms with Crippen LogP contribution in [0.2, 0.25) is 0 Å². The molecule has 0 spiro atoms. The smallest absolute Gasteiger partial charge is 0.141 e. The molecule has 0 aromatic carbocycles. The molecule has 0 amide bonds. The van der Waals surface area contributed by atoms with Gasteiger partial charge in [0.1, 0.15) is 11.4 Å². The lowest BCUT2D eigenvalue weighted by Crippen LogP contribution is -2.29. The molecule has 1 rings (SSSR count). The van der Waals surface area contributed by atoms with E-state index in [1.54, 1.807) is 6.92 Å². The molecule has 1 aromatic rings. The van der Waals surface area contributed by atoms with Crippen LogP contribution in [0.15, 0.2) is 18.3 Å². The standard InChI is InChI=1S/C10H14FNO/c1-7(2)10(3,13)9-5-4-8(11)6-12-9/h4-7,13H,1-3H3. The Morgan fingerprint density at radius 3 is 2.46 bits per heavy atom. The fourth-order valence-corrected chi connectivity index (χ4v) is 0.971. The summed E-state index contributed by atoms with van der Waals surface area (Å²) in [6, 6.07) is 2.81. The van der Waals surface area contributed by atoms with Crippen molar-refractivity contribution in [2.24, 2.45) is 5.92 Å². The molecule has 0 aliphatic heterocycles. The van der Waals surface area contributed by atoms with Gasteiger partial charge in [-0.3, -0.25) is 4.98 Å². The van der Waals surface area contributed by atoms with Crippen molar-refractivity contribution in [3.05, 3.63) is 29.8 Å². The van der Waals surface area contributed by atoms with Crippen LogP contribution in [0.25, 0.3) is 0 Å². The topological polar surface area (TPSA) is 33.1 Å². The summed E-state index contributed by atoms with van der Waals surface area (Å²) in [7, 11) is 0. The Kier molecular flexibility index (Phi) is 2.66. The first-order chi connectivity index (χ1) is 5.94. The third-order valence-corrected chi connectivity index (χ3v) is 2.37. The first kappa shape index (κ1) is 10.1. The third kappa shape index (κ3) is 2.04. The number of pyridine rings is 1. The molecule has 1 N–H and O–H groups in total. The molecule has 0 radical (unpaired) electrons. The van der Waals surface area contributed by atoms with E-state index in [1.165, 1.54) is 12.1 Å². The van der Waals surface area contributed by atoms with Crippen molar-refractivity contribution >= 4 is 0 Å². The van der Waals surface area contributed by atoms with Gasteiger partial charge in [0.25, 0.3) is 0 Å². The molecule has 1 unspecified atom stereocenters. The fourth-order valence-electron chi connectivity index (χ4n) is 0.971. The number of rotatable bonds is 2. The Balaban J connectivity index is 3.01. The fraction of sp³-hybridized carbons (Fsp3) is 0.500. The molecule has 3 heteroatoms. The summed E-state index contributed by atoms with van der Waals surface area (Å²) in [4.78, 5) is 3.85. The molecule has 0 fully saturated rings. The van der Waals surface area contributed by atoms with Crippen LogP contribution >= 0.6 is 0 Å². The Morgan fingerprint density at radius 2 is 2.08 bits per heavy atom. The van der Waals surface area contributed by atoms with Crippen LogP contribution in [-0.2, 0) is 5.60 Å². The normalized spacial score (nSPS) is 15.8. The number of halogens is 1. The van der Waals surface area contributed by atoms with Gasteiger partial charge >= 0.3 is 0 Å². The SMILES string of the molecule is CC(C)C(C)(O)c1ccc(F)cn1. The molecule has 0 saturated heterocycles. The molecule has 0 aliphatic carbocycles. The van der Waals surface area contributed by atoms with E-state index >= 15 is 0 Å². The van der Waals surface area contributed by atoms with E-state index in [0.717, 1.165) is 6.20 Å². The lowest BCUT2D eigenvalue weighted by Gasteiger charge is -2.26. The maximum atomic E-state index is 12.5. The van der Waals surface area contributed by atoms with Gasteiger partial charge in [0, 0.05) is 0 Å². The van der Waals surface area contributed by atoms with Crippen LogP contribution in [0, 0.1) is 11.7 Å². The Morgan fingerprint density at radius 1 is 1.46 bits per heavy atom. The highest BCUT2D eigenvalue weighted by atomic mass is 19.1. The highest BCUT2D eigenvalue weighted by Gasteiger charge is 2.28. The first-order valence-corrected chi connectivity index (χ1v) is 4.29. The van der Waals surface area contributed by atoms with Gasteiger partial charge in [-0.25, -0.2) is 4.39 Å². The number of hydrogen-bond acceptors (Lipinski definition) is 2. The molecule has 0 aliphatic rings. The number of aromatic nitrogens is 1. The van der Waals surface area contributed by atoms with Crippen molar-refractivity contribution < 1.29 is 9.50 Å². The van der Waals surface area contributed by atoms with Crippen LogP contribution in [0.5, 0.6) is 0 Å². The van der Waals surface area contributed by atoms with Gasteiger partial charge in [0.15, 0.2) is 0 Å². The van der Waals surface area contributed by atoms with Crippen LogP contribution in [0.4, 0.5) is 4.39 Å². The Labute approximate surface area is 77.4 Å². The summed E-state index contributed by atoms with van der Waals surface area (Å²) in [5, 5.41) is 9.97. The summed E-state index contributed by atoms with van der Waals surface area (Å²) in [6.07, 6.45) is 1.12. The number of aliphatic hydroxyl groups is 1. The number of nitrogens with zero attached hydrogens (tertiary/aromatic N) is 1. The van der Waals surface area contributed by atoms with E-state index in [4.69, 9.17) is 0 Å². The molecule has 1 aromatic heterocycles. The van der Waals surface area contributed by atoms with Crippen LogP contribution < -0.4 is 0 Å². The van der Waals surface area contributed by atoms with Gasteiger partial charge in [-0.1, -0.05) is 13.8 Å². The van der Waals surface area contributed by atoms with E-state index in [1.807, 2.05) is 13.8 Å². The van der Waals surface area contributed by atoms with Crippen molar-refractivity contribution in [3.63, 3.8) is 0 Å². The lowest BCUT2D eigenvalue weighted by molar-refractivity contribution is 0.00478. The summed E-state index contributed by atoms with van der Waals surface area (Å²) >= 11 is 0. The average Bonchev–Trinajstić information content (AvgIpc) is 2.04. The van der Waals surface area contributed by atoms with Crippen molar-refractivity contribution in [1.29, 1.82) is 0 Å². The predicted molar refractivity (Wildman–Crippen MR) is 48.6 cm³/mol. The highest BCUT2D eigenvalue weighted by Crippen LogP contribution is 2.26. The molecule has 1 heterocycles.